The zero-order valence-corrected chi connectivity index (χ0v) is 10.7. The van der Waals surface area contributed by atoms with E-state index < -0.39 is 21.7 Å². The molecule has 0 amide bonds. The number of hydrogen-bond donors (Lipinski definition) is 0. The van der Waals surface area contributed by atoms with Gasteiger partial charge in [-0.3, -0.25) is 13.9 Å². The Morgan fingerprint density at radius 2 is 1.74 bits per heavy atom. The molecule has 0 atom stereocenters. The summed E-state index contributed by atoms with van der Waals surface area (Å²) in [5.74, 6) is -1.33. The summed E-state index contributed by atoms with van der Waals surface area (Å²) in [6, 6.07) is 7.44. The Kier molecular flexibility index (Phi) is 3.75. The molecule has 7 heteroatoms. The van der Waals surface area contributed by atoms with Crippen LogP contribution in [0.2, 0.25) is 0 Å². The highest BCUT2D eigenvalue weighted by Crippen LogP contribution is 2.14. The lowest BCUT2D eigenvalue weighted by molar-refractivity contribution is -0.133. The van der Waals surface area contributed by atoms with Crippen LogP contribution >= 0.6 is 0 Å². The lowest BCUT2D eigenvalue weighted by atomic mass is 9.96. The smallest absolute Gasteiger partial charge is 0.290 e. The summed E-state index contributed by atoms with van der Waals surface area (Å²) in [4.78, 5) is 22.5. The summed E-state index contributed by atoms with van der Waals surface area (Å²) >= 11 is 0. The van der Waals surface area contributed by atoms with Gasteiger partial charge in [0.1, 0.15) is 10.6 Å². The molecule has 1 fully saturated rings. The van der Waals surface area contributed by atoms with Gasteiger partial charge in [0.05, 0.1) is 0 Å². The van der Waals surface area contributed by atoms with Crippen molar-refractivity contribution >= 4 is 27.4 Å². The summed E-state index contributed by atoms with van der Waals surface area (Å²) in [6.45, 7) is 0. The molecule has 1 aromatic rings. The van der Waals surface area contributed by atoms with Crippen molar-refractivity contribution in [3.63, 3.8) is 0 Å². The number of oxime groups is 1. The van der Waals surface area contributed by atoms with E-state index in [0.29, 0.717) is 6.42 Å². The van der Waals surface area contributed by atoms with Gasteiger partial charge in [-0.25, -0.2) is 0 Å². The van der Waals surface area contributed by atoms with Gasteiger partial charge in [-0.15, -0.1) is 0 Å². The lowest BCUT2D eigenvalue weighted by Crippen LogP contribution is -2.29. The molecular weight excluding hydrogens is 270 g/mol. The molecule has 19 heavy (non-hydrogen) atoms. The highest BCUT2D eigenvalue weighted by Gasteiger charge is 2.27. The van der Waals surface area contributed by atoms with E-state index in [2.05, 4.69) is 9.44 Å². The highest BCUT2D eigenvalue weighted by molar-refractivity contribution is 7.86. The van der Waals surface area contributed by atoms with E-state index in [9.17, 15) is 18.0 Å². The topological polar surface area (TPSA) is 89.9 Å². The third-order valence-electron chi connectivity index (χ3n) is 2.61. The van der Waals surface area contributed by atoms with E-state index in [0.717, 1.165) is 0 Å². The molecule has 0 saturated heterocycles. The zero-order valence-electron chi connectivity index (χ0n) is 9.90. The van der Waals surface area contributed by atoms with Crippen LogP contribution in [0.3, 0.4) is 0 Å². The van der Waals surface area contributed by atoms with Crippen LogP contribution in [0.25, 0.3) is 0 Å². The van der Waals surface area contributed by atoms with Gasteiger partial charge in [0, 0.05) is 6.42 Å². The summed E-state index contributed by atoms with van der Waals surface area (Å²) in [5, 5.41) is 3.32. The minimum absolute atomic E-state index is 0.0612. The Morgan fingerprint density at radius 3 is 2.42 bits per heavy atom. The number of benzene rings is 1. The largest absolute Gasteiger partial charge is 0.358 e. The predicted octanol–water partition coefficient (Wildman–Crippen LogP) is 1.07. The maximum absolute atomic E-state index is 11.7. The normalized spacial score (nSPS) is 18.6. The van der Waals surface area contributed by atoms with Gasteiger partial charge in [0.25, 0.3) is 0 Å². The quantitative estimate of drug-likeness (QED) is 0.610. The van der Waals surface area contributed by atoms with Crippen LogP contribution in [0.15, 0.2) is 40.4 Å². The zero-order chi connectivity index (χ0) is 13.9. The standard InChI is InChI=1S/C12H11NO5S/c14-11-8-4-7-10(12(11)15)13-18-19(16,17)9-5-2-1-3-6-9/h1-3,5-6H,4,7-8H2. The number of ketones is 2. The second-order valence-corrected chi connectivity index (χ2v) is 5.51. The summed E-state index contributed by atoms with van der Waals surface area (Å²) in [5.41, 5.74) is -0.143. The van der Waals surface area contributed by atoms with E-state index in [4.69, 9.17) is 0 Å². The van der Waals surface area contributed by atoms with E-state index >= 15 is 0 Å². The van der Waals surface area contributed by atoms with Gasteiger partial charge >= 0.3 is 10.1 Å². The number of Topliss-reactive ketones (excluding diaryl/α,β-unsaturated/α-hetero) is 2. The molecule has 0 unspecified atom stereocenters. The average Bonchev–Trinajstić information content (AvgIpc) is 2.41. The van der Waals surface area contributed by atoms with E-state index in [1.807, 2.05) is 0 Å². The van der Waals surface area contributed by atoms with Crippen molar-refractivity contribution in [3.05, 3.63) is 30.3 Å². The first-order chi connectivity index (χ1) is 9.00. The minimum Gasteiger partial charge on any atom is -0.290 e. The Morgan fingerprint density at radius 1 is 1.05 bits per heavy atom. The molecule has 100 valence electrons. The molecule has 1 aliphatic carbocycles. The van der Waals surface area contributed by atoms with Crippen LogP contribution in [0.1, 0.15) is 19.3 Å². The fourth-order valence-corrected chi connectivity index (χ4v) is 2.38. The summed E-state index contributed by atoms with van der Waals surface area (Å²) in [7, 11) is -4.05. The van der Waals surface area contributed by atoms with Crippen LogP contribution in [0.4, 0.5) is 0 Å². The molecule has 1 aromatic carbocycles. The van der Waals surface area contributed by atoms with Crippen LogP contribution in [-0.4, -0.2) is 25.7 Å². The molecule has 1 saturated carbocycles. The molecule has 0 aromatic heterocycles. The molecule has 0 N–H and O–H groups in total. The third-order valence-corrected chi connectivity index (χ3v) is 3.73. The Labute approximate surface area is 110 Å². The number of carbonyl (C=O) groups is 2. The van der Waals surface area contributed by atoms with E-state index in [-0.39, 0.29) is 23.4 Å². The Balaban J connectivity index is 2.18. The molecule has 0 aliphatic heterocycles. The van der Waals surface area contributed by atoms with Crippen LogP contribution < -0.4 is 0 Å². The lowest BCUT2D eigenvalue weighted by Gasteiger charge is -2.09. The molecule has 0 spiro atoms. The van der Waals surface area contributed by atoms with Gasteiger partial charge in [-0.05, 0) is 25.0 Å². The fourth-order valence-electron chi connectivity index (χ4n) is 1.62. The minimum atomic E-state index is -4.05. The average molecular weight is 281 g/mol. The van der Waals surface area contributed by atoms with Crippen LogP contribution in [0, 0.1) is 0 Å². The first-order valence-corrected chi connectivity index (χ1v) is 7.04. The monoisotopic (exact) mass is 281 g/mol. The SMILES string of the molecule is O=C1CCCC(=NOS(=O)(=O)c2ccccc2)C1=O. The second-order valence-electron chi connectivity index (χ2n) is 3.99. The highest BCUT2D eigenvalue weighted by atomic mass is 32.2. The fraction of sp³-hybridized carbons (Fsp3) is 0.250. The number of carbonyl (C=O) groups excluding carboxylic acids is 2. The molecule has 1 aliphatic rings. The van der Waals surface area contributed by atoms with Crippen molar-refractivity contribution in [3.8, 4) is 0 Å². The molecule has 0 heterocycles. The van der Waals surface area contributed by atoms with Gasteiger partial charge in [0.15, 0.2) is 0 Å². The van der Waals surface area contributed by atoms with Crippen molar-refractivity contribution in [1.82, 2.24) is 0 Å². The van der Waals surface area contributed by atoms with Crippen molar-refractivity contribution in [2.24, 2.45) is 5.16 Å². The summed E-state index contributed by atoms with van der Waals surface area (Å²) in [6.07, 6.45) is 0.885. The number of hydrogen-bond acceptors (Lipinski definition) is 6. The van der Waals surface area contributed by atoms with Gasteiger partial charge in [-0.2, -0.15) is 8.42 Å². The Hall–Kier alpha value is -2.02. The molecule has 2 rings (SSSR count). The van der Waals surface area contributed by atoms with Crippen molar-refractivity contribution in [2.45, 2.75) is 24.2 Å². The first kappa shape index (κ1) is 13.4. The predicted molar refractivity (Wildman–Crippen MR) is 66.0 cm³/mol. The molecular formula is C12H11NO5S. The van der Waals surface area contributed by atoms with Crippen molar-refractivity contribution in [1.29, 1.82) is 0 Å². The van der Waals surface area contributed by atoms with Crippen LogP contribution in [0.5, 0.6) is 0 Å². The van der Waals surface area contributed by atoms with Crippen molar-refractivity contribution in [2.75, 3.05) is 0 Å². The van der Waals surface area contributed by atoms with Gasteiger partial charge in [0.2, 0.25) is 11.6 Å². The van der Waals surface area contributed by atoms with Crippen LogP contribution in [-0.2, 0) is 24.0 Å². The number of rotatable bonds is 3. The third kappa shape index (κ3) is 3.05. The number of nitrogens with zero attached hydrogens (tertiary/aromatic N) is 1. The first-order valence-electron chi connectivity index (χ1n) is 5.64. The van der Waals surface area contributed by atoms with E-state index in [1.54, 1.807) is 18.2 Å². The molecule has 0 radical (unpaired) electrons. The maximum atomic E-state index is 11.7. The second kappa shape index (κ2) is 5.31. The van der Waals surface area contributed by atoms with Crippen molar-refractivity contribution < 1.29 is 22.3 Å². The molecule has 0 bridgehead atoms. The maximum Gasteiger partial charge on any atom is 0.358 e. The molecule has 6 nitrogen and oxygen atoms in total. The summed E-state index contributed by atoms with van der Waals surface area (Å²) < 4.78 is 27.9. The van der Waals surface area contributed by atoms with E-state index in [1.165, 1.54) is 12.1 Å². The van der Waals surface area contributed by atoms with Gasteiger partial charge in [-0.1, -0.05) is 23.4 Å². The Bertz CT molecular complexity index is 633. The van der Waals surface area contributed by atoms with Gasteiger partial charge < -0.3 is 0 Å².